The second-order valence-electron chi connectivity index (χ2n) is 7.69. The lowest BCUT2D eigenvalue weighted by atomic mass is 10.1. The molecule has 0 bridgehead atoms. The summed E-state index contributed by atoms with van der Waals surface area (Å²) in [6.07, 6.45) is 0.455. The molecule has 3 rings (SSSR count). The molecule has 162 valence electrons. The number of amides is 3. The van der Waals surface area contributed by atoms with E-state index in [9.17, 15) is 9.59 Å². The summed E-state index contributed by atoms with van der Waals surface area (Å²) in [5.74, 6) is 0.754. The Kier molecular flexibility index (Phi) is 7.02. The monoisotopic (exact) mass is 421 g/mol. The molecule has 1 heterocycles. The molecule has 0 saturated heterocycles. The number of carbonyl (C=O) groups is 2. The van der Waals surface area contributed by atoms with Crippen molar-refractivity contribution in [2.45, 2.75) is 33.2 Å². The maximum atomic E-state index is 12.3. The summed E-state index contributed by atoms with van der Waals surface area (Å²) in [7, 11) is 1.71. The Morgan fingerprint density at radius 3 is 2.39 bits per heavy atom. The van der Waals surface area contributed by atoms with Gasteiger partial charge in [-0.15, -0.1) is 0 Å². The second-order valence-corrected chi connectivity index (χ2v) is 7.69. The van der Waals surface area contributed by atoms with Gasteiger partial charge in [-0.1, -0.05) is 22.9 Å². The largest absolute Gasteiger partial charge is 0.350 e. The fraction of sp³-hybridized carbons (Fsp3) is 0.304. The smallest absolute Gasteiger partial charge is 0.321 e. The Hall–Kier alpha value is -3.68. The topological polar surface area (TPSA) is 100 Å². The number of benzene rings is 2. The van der Waals surface area contributed by atoms with Gasteiger partial charge in [-0.3, -0.25) is 4.79 Å². The van der Waals surface area contributed by atoms with Crippen LogP contribution in [0.3, 0.4) is 0 Å². The van der Waals surface area contributed by atoms with E-state index >= 15 is 0 Å². The molecule has 0 aliphatic heterocycles. The van der Waals surface area contributed by atoms with Crippen molar-refractivity contribution in [2.24, 2.45) is 0 Å². The quantitative estimate of drug-likeness (QED) is 0.603. The number of rotatable bonds is 7. The predicted molar refractivity (Wildman–Crippen MR) is 119 cm³/mol. The first kappa shape index (κ1) is 22.0. The van der Waals surface area contributed by atoms with E-state index in [0.717, 1.165) is 16.8 Å². The number of aryl methyl sites for hydroxylation is 1. The van der Waals surface area contributed by atoms with Crippen LogP contribution in [0.4, 0.5) is 10.5 Å². The highest BCUT2D eigenvalue weighted by molar-refractivity contribution is 5.94. The zero-order chi connectivity index (χ0) is 22.4. The van der Waals surface area contributed by atoms with Gasteiger partial charge < -0.3 is 20.1 Å². The van der Waals surface area contributed by atoms with Gasteiger partial charge in [0.15, 0.2) is 5.82 Å². The van der Waals surface area contributed by atoms with Gasteiger partial charge >= 0.3 is 6.03 Å². The molecular weight excluding hydrogens is 394 g/mol. The van der Waals surface area contributed by atoms with Crippen molar-refractivity contribution in [2.75, 3.05) is 18.9 Å². The number of carbonyl (C=O) groups excluding carboxylic acids is 2. The molecule has 0 aliphatic rings. The maximum Gasteiger partial charge on any atom is 0.321 e. The number of anilines is 1. The number of nitrogens with one attached hydrogen (secondary N) is 2. The molecular formula is C23H27N5O3. The molecule has 0 unspecified atom stereocenters. The number of aromatic nitrogens is 2. The summed E-state index contributed by atoms with van der Waals surface area (Å²) in [4.78, 5) is 30.3. The molecule has 31 heavy (non-hydrogen) atoms. The fourth-order valence-electron chi connectivity index (χ4n) is 2.81. The SMILES string of the molecule is Cc1ccc(NC(=O)N(C)CCc2noc(-c3ccc(C(=O)NC(C)C)cc3)n2)cc1. The lowest BCUT2D eigenvalue weighted by Crippen LogP contribution is -2.33. The van der Waals surface area contributed by atoms with Gasteiger partial charge in [0, 0.05) is 42.9 Å². The Morgan fingerprint density at radius 1 is 1.06 bits per heavy atom. The van der Waals surface area contributed by atoms with Crippen molar-refractivity contribution < 1.29 is 14.1 Å². The van der Waals surface area contributed by atoms with E-state index in [1.807, 2.05) is 45.0 Å². The van der Waals surface area contributed by atoms with Crippen LogP contribution in [0.2, 0.25) is 0 Å². The highest BCUT2D eigenvalue weighted by Crippen LogP contribution is 2.18. The lowest BCUT2D eigenvalue weighted by Gasteiger charge is -2.17. The molecule has 3 aromatic rings. The van der Waals surface area contributed by atoms with E-state index in [1.54, 1.807) is 36.2 Å². The summed E-state index contributed by atoms with van der Waals surface area (Å²) >= 11 is 0. The van der Waals surface area contributed by atoms with Gasteiger partial charge in [0.25, 0.3) is 11.8 Å². The summed E-state index contributed by atoms with van der Waals surface area (Å²) in [5.41, 5.74) is 3.17. The Labute approximate surface area is 181 Å². The predicted octanol–water partition coefficient (Wildman–Crippen LogP) is 3.89. The van der Waals surface area contributed by atoms with Gasteiger partial charge in [0.1, 0.15) is 0 Å². The number of hydrogen-bond donors (Lipinski definition) is 2. The minimum Gasteiger partial charge on any atom is -0.350 e. The third kappa shape index (κ3) is 6.15. The first-order valence-electron chi connectivity index (χ1n) is 10.1. The normalized spacial score (nSPS) is 10.7. The first-order chi connectivity index (χ1) is 14.8. The van der Waals surface area contributed by atoms with Crippen LogP contribution in [0.1, 0.15) is 35.6 Å². The van der Waals surface area contributed by atoms with Crippen molar-refractivity contribution in [3.05, 3.63) is 65.5 Å². The molecule has 0 aliphatic carbocycles. The highest BCUT2D eigenvalue weighted by atomic mass is 16.5. The van der Waals surface area contributed by atoms with Crippen molar-refractivity contribution in [1.82, 2.24) is 20.4 Å². The molecule has 0 spiro atoms. The molecule has 0 saturated carbocycles. The molecule has 2 N–H and O–H groups in total. The standard InChI is InChI=1S/C23H27N5O3/c1-15(2)24-21(29)17-7-9-18(10-8-17)22-26-20(27-31-22)13-14-28(4)23(30)25-19-11-5-16(3)6-12-19/h5-12,15H,13-14H2,1-4H3,(H,24,29)(H,25,30). The zero-order valence-electron chi connectivity index (χ0n) is 18.2. The van der Waals surface area contributed by atoms with E-state index in [4.69, 9.17) is 4.52 Å². The average molecular weight is 422 g/mol. The van der Waals surface area contributed by atoms with Crippen LogP contribution in [0, 0.1) is 6.92 Å². The van der Waals surface area contributed by atoms with Gasteiger partial charge in [-0.2, -0.15) is 4.98 Å². The summed E-state index contributed by atoms with van der Waals surface area (Å²) in [6, 6.07) is 14.5. The molecule has 3 amide bonds. The molecule has 8 heteroatoms. The van der Waals surface area contributed by atoms with Crippen molar-refractivity contribution in [3.8, 4) is 11.5 Å². The van der Waals surface area contributed by atoms with Gasteiger partial charge in [0.2, 0.25) is 0 Å². The van der Waals surface area contributed by atoms with Crippen LogP contribution in [0.25, 0.3) is 11.5 Å². The summed E-state index contributed by atoms with van der Waals surface area (Å²) < 4.78 is 5.33. The van der Waals surface area contributed by atoms with E-state index in [2.05, 4.69) is 20.8 Å². The van der Waals surface area contributed by atoms with Crippen LogP contribution < -0.4 is 10.6 Å². The summed E-state index contributed by atoms with van der Waals surface area (Å²) in [5, 5.41) is 9.69. The Balaban J connectivity index is 1.54. The van der Waals surface area contributed by atoms with E-state index < -0.39 is 0 Å². The molecule has 2 aromatic carbocycles. The first-order valence-corrected chi connectivity index (χ1v) is 10.1. The molecule has 0 atom stereocenters. The lowest BCUT2D eigenvalue weighted by molar-refractivity contribution is 0.0943. The van der Waals surface area contributed by atoms with E-state index in [0.29, 0.717) is 30.2 Å². The van der Waals surface area contributed by atoms with Crippen LogP contribution in [-0.2, 0) is 6.42 Å². The Bertz CT molecular complexity index is 1030. The van der Waals surface area contributed by atoms with Crippen molar-refractivity contribution in [3.63, 3.8) is 0 Å². The zero-order valence-corrected chi connectivity index (χ0v) is 18.2. The molecule has 1 aromatic heterocycles. The van der Waals surface area contributed by atoms with Crippen molar-refractivity contribution in [1.29, 1.82) is 0 Å². The van der Waals surface area contributed by atoms with Gasteiger partial charge in [-0.05, 0) is 57.2 Å². The summed E-state index contributed by atoms with van der Waals surface area (Å²) in [6.45, 7) is 6.26. The number of urea groups is 1. The number of hydrogen-bond acceptors (Lipinski definition) is 5. The second kappa shape index (κ2) is 9.88. The van der Waals surface area contributed by atoms with E-state index in [-0.39, 0.29) is 18.0 Å². The molecule has 0 radical (unpaired) electrons. The highest BCUT2D eigenvalue weighted by Gasteiger charge is 2.14. The maximum absolute atomic E-state index is 12.3. The minimum absolute atomic E-state index is 0.0720. The molecule has 0 fully saturated rings. The minimum atomic E-state index is -0.206. The average Bonchev–Trinajstić information content (AvgIpc) is 3.22. The van der Waals surface area contributed by atoms with Crippen LogP contribution in [0.15, 0.2) is 53.1 Å². The van der Waals surface area contributed by atoms with Crippen LogP contribution in [0.5, 0.6) is 0 Å². The number of nitrogens with zero attached hydrogens (tertiary/aromatic N) is 3. The van der Waals surface area contributed by atoms with Crippen LogP contribution in [-0.4, -0.2) is 46.6 Å². The third-order valence-corrected chi connectivity index (χ3v) is 4.60. The van der Waals surface area contributed by atoms with Gasteiger partial charge in [-0.25, -0.2) is 4.79 Å². The van der Waals surface area contributed by atoms with Crippen LogP contribution >= 0.6 is 0 Å². The fourth-order valence-corrected chi connectivity index (χ4v) is 2.81. The third-order valence-electron chi connectivity index (χ3n) is 4.60. The number of likely N-dealkylation sites (N-methyl/N-ethyl adjacent to an activating group) is 1. The van der Waals surface area contributed by atoms with E-state index in [1.165, 1.54) is 0 Å². The Morgan fingerprint density at radius 2 is 1.74 bits per heavy atom. The molecule has 8 nitrogen and oxygen atoms in total. The van der Waals surface area contributed by atoms with Crippen molar-refractivity contribution >= 4 is 17.6 Å². The van der Waals surface area contributed by atoms with Gasteiger partial charge in [0.05, 0.1) is 0 Å².